The molecule has 5 rings (SSSR count). The first-order valence-electron chi connectivity index (χ1n) is 12.2. The van der Waals surface area contributed by atoms with Crippen LogP contribution >= 0.6 is 11.6 Å². The number of nitrogens with zero attached hydrogens (tertiary/aromatic N) is 2. The molecule has 0 radical (unpaired) electrons. The lowest BCUT2D eigenvalue weighted by Gasteiger charge is -2.15. The van der Waals surface area contributed by atoms with E-state index in [9.17, 15) is 14.7 Å². The molecule has 0 bridgehead atoms. The van der Waals surface area contributed by atoms with Crippen molar-refractivity contribution >= 4 is 40.5 Å². The molecule has 9 heteroatoms. The molecule has 8 nitrogen and oxygen atoms in total. The second kappa shape index (κ2) is 11.3. The van der Waals surface area contributed by atoms with Crippen molar-refractivity contribution in [3.05, 3.63) is 107 Å². The number of halogens is 1. The summed E-state index contributed by atoms with van der Waals surface area (Å²) in [5, 5.41) is 18.7. The zero-order valence-electron chi connectivity index (χ0n) is 21.0. The van der Waals surface area contributed by atoms with Crippen molar-refractivity contribution in [1.29, 1.82) is 0 Å². The van der Waals surface area contributed by atoms with Gasteiger partial charge in [0.25, 0.3) is 0 Å². The normalized spacial score (nSPS) is 12.1. The average molecular weight is 541 g/mol. The molecule has 39 heavy (non-hydrogen) atoms. The first kappa shape index (κ1) is 25.8. The molecule has 196 valence electrons. The Morgan fingerprint density at radius 3 is 2.69 bits per heavy atom. The number of para-hydroxylation sites is 1. The maximum atomic E-state index is 13.0. The quantitative estimate of drug-likeness (QED) is 0.183. The van der Waals surface area contributed by atoms with Crippen LogP contribution in [0.1, 0.15) is 11.1 Å². The van der Waals surface area contributed by atoms with Gasteiger partial charge >= 0.3 is 5.97 Å². The summed E-state index contributed by atoms with van der Waals surface area (Å²) in [5.41, 5.74) is 4.59. The van der Waals surface area contributed by atoms with Crippen LogP contribution in [0.5, 0.6) is 5.75 Å². The number of hydrogen-bond acceptors (Lipinski definition) is 5. The fraction of sp³-hybridized carbons (Fsp3) is 0.100. The number of fused-ring (bicyclic) bond motifs is 1. The Hall–Kier alpha value is -4.82. The Labute approximate surface area is 229 Å². The van der Waals surface area contributed by atoms with Gasteiger partial charge in [0.2, 0.25) is 5.91 Å². The molecule has 0 aliphatic carbocycles. The molecule has 1 unspecified atom stereocenters. The second-order valence-electron chi connectivity index (χ2n) is 8.89. The van der Waals surface area contributed by atoms with E-state index in [4.69, 9.17) is 21.4 Å². The van der Waals surface area contributed by atoms with Crippen molar-refractivity contribution in [3.8, 4) is 22.7 Å². The highest BCUT2D eigenvalue weighted by Crippen LogP contribution is 2.27. The molecule has 0 fully saturated rings. The minimum atomic E-state index is -0.878. The monoisotopic (exact) mass is 540 g/mol. The summed E-state index contributed by atoms with van der Waals surface area (Å²) in [6, 6.07) is 20.7. The standard InChI is InChI=1S/C30H25ClN4O4/c1-39-30(38)27(15-21-17-32-26-8-3-2-7-25(21)26)33-28(37)14-11-20-18-35(23-6-4-5-22(31)16-23)34-29(20)19-9-12-24(36)13-10-19/h2-14,16-18,27,32,36H,15H2,1H3,(H,33,37)/b14-11-. The lowest BCUT2D eigenvalue weighted by molar-refractivity contribution is -0.144. The lowest BCUT2D eigenvalue weighted by atomic mass is 10.0. The number of carbonyl (C=O) groups excluding carboxylic acids is 2. The van der Waals surface area contributed by atoms with Gasteiger partial charge in [-0.3, -0.25) is 4.79 Å². The summed E-state index contributed by atoms with van der Waals surface area (Å²) in [5.74, 6) is -0.869. The van der Waals surface area contributed by atoms with Gasteiger partial charge in [-0.1, -0.05) is 35.9 Å². The number of benzene rings is 3. The number of ether oxygens (including phenoxy) is 1. The number of rotatable bonds is 8. The lowest BCUT2D eigenvalue weighted by Crippen LogP contribution is -2.42. The smallest absolute Gasteiger partial charge is 0.328 e. The fourth-order valence-corrected chi connectivity index (χ4v) is 4.53. The van der Waals surface area contributed by atoms with E-state index in [-0.39, 0.29) is 12.2 Å². The Bertz CT molecular complexity index is 1670. The minimum absolute atomic E-state index is 0.133. The average Bonchev–Trinajstić information content (AvgIpc) is 3.56. The molecule has 1 amide bonds. The predicted octanol–water partition coefficient (Wildman–Crippen LogP) is 5.29. The molecule has 0 saturated carbocycles. The van der Waals surface area contributed by atoms with Crippen molar-refractivity contribution in [3.63, 3.8) is 0 Å². The summed E-state index contributed by atoms with van der Waals surface area (Å²) in [6.45, 7) is 0. The predicted molar refractivity (Wildman–Crippen MR) is 151 cm³/mol. The fourth-order valence-electron chi connectivity index (χ4n) is 4.35. The van der Waals surface area contributed by atoms with Crippen molar-refractivity contribution in [2.75, 3.05) is 7.11 Å². The van der Waals surface area contributed by atoms with Crippen LogP contribution in [-0.2, 0) is 20.7 Å². The van der Waals surface area contributed by atoms with Gasteiger partial charge in [-0.15, -0.1) is 0 Å². The van der Waals surface area contributed by atoms with Crippen molar-refractivity contribution < 1.29 is 19.4 Å². The van der Waals surface area contributed by atoms with Gasteiger partial charge in [-0.05, 0) is 60.2 Å². The number of nitrogens with one attached hydrogen (secondary N) is 2. The molecule has 3 aromatic carbocycles. The van der Waals surface area contributed by atoms with E-state index in [1.807, 2.05) is 42.6 Å². The third kappa shape index (κ3) is 5.86. The Kier molecular flexibility index (Phi) is 7.47. The number of methoxy groups -OCH3 is 1. The Morgan fingerprint density at radius 2 is 1.92 bits per heavy atom. The van der Waals surface area contributed by atoms with Crippen LogP contribution in [0.15, 0.2) is 91.3 Å². The highest BCUT2D eigenvalue weighted by Gasteiger charge is 2.23. The number of aromatic hydroxyl groups is 1. The van der Waals surface area contributed by atoms with Crippen molar-refractivity contribution in [2.24, 2.45) is 0 Å². The number of carbonyl (C=O) groups is 2. The maximum Gasteiger partial charge on any atom is 0.328 e. The van der Waals surface area contributed by atoms with E-state index in [1.165, 1.54) is 13.2 Å². The van der Waals surface area contributed by atoms with E-state index in [2.05, 4.69) is 10.3 Å². The summed E-state index contributed by atoms with van der Waals surface area (Å²) in [7, 11) is 1.29. The number of aromatic nitrogens is 3. The molecule has 1 atom stereocenters. The third-order valence-corrected chi connectivity index (χ3v) is 6.51. The summed E-state index contributed by atoms with van der Waals surface area (Å²) < 4.78 is 6.62. The van der Waals surface area contributed by atoms with Crippen LogP contribution in [0.2, 0.25) is 5.02 Å². The SMILES string of the molecule is COC(=O)C(Cc1c[nH]c2ccccc12)NC(=O)/C=C\c1cn(-c2cccc(Cl)c2)nc1-c1ccc(O)cc1. The van der Waals surface area contributed by atoms with E-state index in [1.54, 1.807) is 53.4 Å². The number of esters is 1. The molecular formula is C30H25ClN4O4. The highest BCUT2D eigenvalue weighted by molar-refractivity contribution is 6.30. The molecular weight excluding hydrogens is 516 g/mol. The molecule has 5 aromatic rings. The zero-order valence-corrected chi connectivity index (χ0v) is 21.7. The van der Waals surface area contributed by atoms with E-state index < -0.39 is 17.9 Å². The number of phenolic OH excluding ortho intramolecular Hbond substituents is 1. The molecule has 2 aromatic heterocycles. The van der Waals surface area contributed by atoms with E-state index in [0.29, 0.717) is 16.3 Å². The Morgan fingerprint density at radius 1 is 1.13 bits per heavy atom. The van der Waals surface area contributed by atoms with Gasteiger partial charge in [0.1, 0.15) is 11.8 Å². The van der Waals surface area contributed by atoms with Crippen LogP contribution in [0, 0.1) is 0 Å². The summed E-state index contributed by atoms with van der Waals surface area (Å²) >= 11 is 6.17. The molecule has 0 spiro atoms. The number of amides is 1. The van der Waals surface area contributed by atoms with Crippen LogP contribution in [0.25, 0.3) is 33.9 Å². The van der Waals surface area contributed by atoms with Crippen LogP contribution in [-0.4, -0.2) is 44.9 Å². The van der Waals surface area contributed by atoms with Gasteiger partial charge < -0.3 is 20.1 Å². The summed E-state index contributed by atoms with van der Waals surface area (Å²) in [6.07, 6.45) is 6.86. The second-order valence-corrected chi connectivity index (χ2v) is 9.32. The highest BCUT2D eigenvalue weighted by atomic mass is 35.5. The van der Waals surface area contributed by atoms with E-state index in [0.717, 1.165) is 27.7 Å². The maximum absolute atomic E-state index is 13.0. The van der Waals surface area contributed by atoms with Crippen molar-refractivity contribution in [2.45, 2.75) is 12.5 Å². The van der Waals surface area contributed by atoms with Gasteiger partial charge in [-0.25, -0.2) is 9.48 Å². The molecule has 2 heterocycles. The van der Waals surface area contributed by atoms with E-state index >= 15 is 0 Å². The molecule has 0 aliphatic heterocycles. The number of aromatic amines is 1. The van der Waals surface area contributed by atoms with Crippen LogP contribution in [0.4, 0.5) is 0 Å². The topological polar surface area (TPSA) is 109 Å². The largest absolute Gasteiger partial charge is 0.508 e. The van der Waals surface area contributed by atoms with Gasteiger partial charge in [0, 0.05) is 51.9 Å². The zero-order chi connectivity index (χ0) is 27.4. The van der Waals surface area contributed by atoms with Crippen LogP contribution < -0.4 is 5.32 Å². The first-order valence-corrected chi connectivity index (χ1v) is 12.6. The van der Waals surface area contributed by atoms with Crippen LogP contribution in [0.3, 0.4) is 0 Å². The summed E-state index contributed by atoms with van der Waals surface area (Å²) in [4.78, 5) is 28.7. The third-order valence-electron chi connectivity index (χ3n) is 6.27. The number of phenols is 1. The Balaban J connectivity index is 1.41. The molecule has 0 aliphatic rings. The van der Waals surface area contributed by atoms with Gasteiger partial charge in [-0.2, -0.15) is 5.10 Å². The number of H-pyrrole nitrogens is 1. The molecule has 3 N–H and O–H groups in total. The minimum Gasteiger partial charge on any atom is -0.508 e. The first-order chi connectivity index (χ1) is 18.9. The molecule has 0 saturated heterocycles. The van der Waals surface area contributed by atoms with Crippen molar-refractivity contribution in [1.82, 2.24) is 20.1 Å². The number of hydrogen-bond donors (Lipinski definition) is 3. The van der Waals surface area contributed by atoms with Gasteiger partial charge in [0.15, 0.2) is 0 Å². The van der Waals surface area contributed by atoms with Gasteiger partial charge in [0.05, 0.1) is 18.5 Å².